The van der Waals surface area contributed by atoms with Crippen LogP contribution >= 0.6 is 0 Å². The van der Waals surface area contributed by atoms with Crippen molar-refractivity contribution >= 4 is 5.97 Å². The molecule has 0 aliphatic rings. The second-order valence-corrected chi connectivity index (χ2v) is 2.97. The fourth-order valence-electron chi connectivity index (χ4n) is 0.639. The van der Waals surface area contributed by atoms with Crippen molar-refractivity contribution < 1.29 is 20.1 Å². The van der Waals surface area contributed by atoms with Gasteiger partial charge in [-0.1, -0.05) is 0 Å². The number of carbonyl (C=O) groups is 1. The van der Waals surface area contributed by atoms with Crippen molar-refractivity contribution in [2.45, 2.75) is 24.6 Å². The third-order valence-corrected chi connectivity index (χ3v) is 1.64. The van der Waals surface area contributed by atoms with Gasteiger partial charge in [-0.2, -0.15) is 0 Å². The Hall–Kier alpha value is -0.690. The highest BCUT2D eigenvalue weighted by Gasteiger charge is 2.36. The fraction of sp³-hybridized carbons (Fsp3) is 0.833. The Bertz CT molecular complexity index is 171. The highest BCUT2D eigenvalue weighted by Crippen LogP contribution is 2.08. The van der Waals surface area contributed by atoms with E-state index in [0.717, 1.165) is 0 Å². The maximum absolute atomic E-state index is 10.3. The maximum Gasteiger partial charge on any atom is 0.323 e. The first-order valence-corrected chi connectivity index (χ1v) is 3.39. The van der Waals surface area contributed by atoms with Crippen LogP contribution in [0, 0.1) is 0 Å². The normalized spacial score (nSPS) is 21.1. The number of rotatable bonds is 4. The molecule has 7 N–H and O–H groups in total. The zero-order valence-corrected chi connectivity index (χ0v) is 6.77. The summed E-state index contributed by atoms with van der Waals surface area (Å²) in [6.07, 6.45) is -1.47. The Morgan fingerprint density at radius 1 is 1.67 bits per heavy atom. The van der Waals surface area contributed by atoms with Gasteiger partial charge in [0, 0.05) is 0 Å². The standard InChI is InChI=1S/C6H14N2O4/c1-6(8,2-9)4(10)3(7)5(11)12/h3-4,9-10H,2,7-8H2,1H3,(H,11,12)/t3-,4+,6-/m1/s1. The lowest BCUT2D eigenvalue weighted by molar-refractivity contribution is -0.142. The van der Waals surface area contributed by atoms with Crippen LogP contribution in [-0.4, -0.2) is 45.6 Å². The summed E-state index contributed by atoms with van der Waals surface area (Å²) in [4.78, 5) is 10.3. The fourth-order valence-corrected chi connectivity index (χ4v) is 0.639. The third-order valence-electron chi connectivity index (χ3n) is 1.64. The van der Waals surface area contributed by atoms with Crippen LogP contribution in [-0.2, 0) is 4.79 Å². The molecule has 0 bridgehead atoms. The molecule has 0 unspecified atom stereocenters. The molecular formula is C6H14N2O4. The van der Waals surface area contributed by atoms with Crippen molar-refractivity contribution in [2.24, 2.45) is 11.5 Å². The second-order valence-electron chi connectivity index (χ2n) is 2.97. The molecule has 6 nitrogen and oxygen atoms in total. The van der Waals surface area contributed by atoms with Crippen molar-refractivity contribution in [2.75, 3.05) is 6.61 Å². The highest BCUT2D eigenvalue weighted by atomic mass is 16.4. The van der Waals surface area contributed by atoms with E-state index in [0.29, 0.717) is 0 Å². The van der Waals surface area contributed by atoms with Gasteiger partial charge in [0.05, 0.1) is 18.2 Å². The lowest BCUT2D eigenvalue weighted by Crippen LogP contribution is -2.60. The largest absolute Gasteiger partial charge is 0.480 e. The van der Waals surface area contributed by atoms with Crippen LogP contribution in [0.25, 0.3) is 0 Å². The summed E-state index contributed by atoms with van der Waals surface area (Å²) in [5.41, 5.74) is 9.04. The van der Waals surface area contributed by atoms with Crippen molar-refractivity contribution in [1.82, 2.24) is 0 Å². The molecule has 0 fully saturated rings. The number of aliphatic carboxylic acids is 1. The van der Waals surface area contributed by atoms with Crippen LogP contribution in [0.1, 0.15) is 6.92 Å². The number of carboxylic acids is 1. The molecule has 0 aromatic heterocycles. The number of nitrogens with two attached hydrogens (primary N) is 2. The van der Waals surface area contributed by atoms with Crippen molar-refractivity contribution in [1.29, 1.82) is 0 Å². The smallest absolute Gasteiger partial charge is 0.323 e. The van der Waals surface area contributed by atoms with E-state index in [4.69, 9.17) is 21.7 Å². The molecule has 0 heterocycles. The molecule has 0 rings (SSSR count). The molecule has 3 atom stereocenters. The zero-order valence-electron chi connectivity index (χ0n) is 6.77. The van der Waals surface area contributed by atoms with E-state index in [1.54, 1.807) is 0 Å². The minimum atomic E-state index is -1.48. The van der Waals surface area contributed by atoms with Gasteiger partial charge in [-0.3, -0.25) is 4.79 Å². The summed E-state index contributed by atoms with van der Waals surface area (Å²) in [6.45, 7) is 0.787. The molecule has 0 aromatic carbocycles. The molecule has 0 aliphatic heterocycles. The van der Waals surface area contributed by atoms with Crippen LogP contribution in [0.3, 0.4) is 0 Å². The first-order valence-electron chi connectivity index (χ1n) is 3.39. The predicted octanol–water partition coefficient (Wildman–Crippen LogP) is -2.53. The number of aliphatic hydroxyl groups excluding tert-OH is 2. The molecule has 0 aliphatic carbocycles. The minimum Gasteiger partial charge on any atom is -0.480 e. The summed E-state index contributed by atoms with van der Waals surface area (Å²) < 4.78 is 0. The van der Waals surface area contributed by atoms with Crippen LogP contribution in [0.5, 0.6) is 0 Å². The minimum absolute atomic E-state index is 0.533. The van der Waals surface area contributed by atoms with E-state index >= 15 is 0 Å². The Labute approximate surface area is 69.8 Å². The highest BCUT2D eigenvalue weighted by molar-refractivity contribution is 5.74. The Morgan fingerprint density at radius 3 is 2.33 bits per heavy atom. The summed E-state index contributed by atoms with van der Waals surface area (Å²) in [7, 11) is 0. The predicted molar refractivity (Wildman–Crippen MR) is 41.3 cm³/mol. The first-order chi connectivity index (χ1) is 5.33. The maximum atomic E-state index is 10.3. The third kappa shape index (κ3) is 2.42. The number of hydrogen-bond donors (Lipinski definition) is 5. The molecule has 6 heteroatoms. The van der Waals surface area contributed by atoms with Gasteiger partial charge in [0.15, 0.2) is 0 Å². The van der Waals surface area contributed by atoms with Crippen molar-refractivity contribution in [3.63, 3.8) is 0 Å². The van der Waals surface area contributed by atoms with E-state index in [9.17, 15) is 9.90 Å². The van der Waals surface area contributed by atoms with E-state index in [2.05, 4.69) is 0 Å². The van der Waals surface area contributed by atoms with Crippen LogP contribution in [0.2, 0.25) is 0 Å². The topological polar surface area (TPSA) is 130 Å². The molecule has 0 saturated carbocycles. The van der Waals surface area contributed by atoms with Gasteiger partial charge in [-0.25, -0.2) is 0 Å². The van der Waals surface area contributed by atoms with Gasteiger partial charge >= 0.3 is 5.97 Å². The van der Waals surface area contributed by atoms with Crippen molar-refractivity contribution in [3.8, 4) is 0 Å². The van der Waals surface area contributed by atoms with Gasteiger partial charge in [0.2, 0.25) is 0 Å². The summed E-state index contributed by atoms with van der Waals surface area (Å²) in [5, 5.41) is 26.3. The van der Waals surface area contributed by atoms with Gasteiger partial charge in [0.25, 0.3) is 0 Å². The lowest BCUT2D eigenvalue weighted by atomic mass is 9.92. The van der Waals surface area contributed by atoms with Crippen LogP contribution < -0.4 is 11.5 Å². The Morgan fingerprint density at radius 2 is 2.08 bits per heavy atom. The lowest BCUT2D eigenvalue weighted by Gasteiger charge is -2.30. The zero-order chi connectivity index (χ0) is 9.94. The second kappa shape index (κ2) is 3.81. The number of hydrogen-bond acceptors (Lipinski definition) is 5. The summed E-state index contributed by atoms with van der Waals surface area (Å²) >= 11 is 0. The monoisotopic (exact) mass is 178 g/mol. The molecule has 0 saturated heterocycles. The molecular weight excluding hydrogens is 164 g/mol. The number of carboxylic acid groups (broad SMARTS) is 1. The summed E-state index contributed by atoms with van der Waals surface area (Å²) in [6, 6.07) is -1.48. The van der Waals surface area contributed by atoms with E-state index < -0.39 is 30.3 Å². The Kier molecular flexibility index (Phi) is 3.59. The van der Waals surface area contributed by atoms with E-state index in [-0.39, 0.29) is 0 Å². The number of aliphatic hydroxyl groups is 2. The molecule has 0 spiro atoms. The molecule has 0 amide bonds. The van der Waals surface area contributed by atoms with E-state index in [1.807, 2.05) is 0 Å². The Balaban J connectivity index is 4.37. The van der Waals surface area contributed by atoms with Crippen LogP contribution in [0.4, 0.5) is 0 Å². The van der Waals surface area contributed by atoms with E-state index in [1.165, 1.54) is 6.92 Å². The van der Waals surface area contributed by atoms with Gasteiger partial charge in [-0.15, -0.1) is 0 Å². The van der Waals surface area contributed by atoms with Gasteiger partial charge < -0.3 is 26.8 Å². The summed E-state index contributed by atoms with van der Waals surface area (Å²) in [5.74, 6) is -1.35. The first kappa shape index (κ1) is 11.3. The molecule has 0 aromatic rings. The van der Waals surface area contributed by atoms with Crippen molar-refractivity contribution in [3.05, 3.63) is 0 Å². The average molecular weight is 178 g/mol. The van der Waals surface area contributed by atoms with Crippen LogP contribution in [0.15, 0.2) is 0 Å². The SMILES string of the molecule is C[C@@](N)(CO)[C@@H](O)[C@@H](N)C(=O)O. The van der Waals surface area contributed by atoms with Gasteiger partial charge in [0.1, 0.15) is 6.04 Å². The molecule has 12 heavy (non-hydrogen) atoms. The molecule has 0 radical (unpaired) electrons. The molecule has 72 valence electrons. The van der Waals surface area contributed by atoms with Gasteiger partial charge in [-0.05, 0) is 6.92 Å². The quantitative estimate of drug-likeness (QED) is 0.322. The average Bonchev–Trinajstić information content (AvgIpc) is 2.01.